The maximum absolute atomic E-state index is 13.7. The fourth-order valence-corrected chi connectivity index (χ4v) is 4.17. The first kappa shape index (κ1) is 25.4. The van der Waals surface area contributed by atoms with E-state index in [9.17, 15) is 4.79 Å². The van der Waals surface area contributed by atoms with Gasteiger partial charge >= 0.3 is 0 Å². The number of nitrogens with one attached hydrogen (secondary N) is 1. The molecule has 1 amide bonds. The van der Waals surface area contributed by atoms with Crippen molar-refractivity contribution in [1.29, 1.82) is 0 Å². The number of nitrogens with zero attached hydrogens (tertiary/aromatic N) is 6. The SMILES string of the molecule is C=C(/N=C1\C(=C(C)C)N=C(NCc2ccc(C)nc2)C(=O)N1[C@@H](C)CC)c1c(C)ncnc1C1CC1. The highest BCUT2D eigenvalue weighted by atomic mass is 16.2. The highest BCUT2D eigenvalue weighted by molar-refractivity contribution is 6.44. The zero-order valence-electron chi connectivity index (χ0n) is 22.1. The third kappa shape index (κ3) is 5.27. The van der Waals surface area contributed by atoms with Crippen LogP contribution in [-0.2, 0) is 11.3 Å². The van der Waals surface area contributed by atoms with E-state index in [0.29, 0.717) is 35.5 Å². The van der Waals surface area contributed by atoms with E-state index in [1.807, 2.05) is 52.9 Å². The Bertz CT molecular complexity index is 1270. The Balaban J connectivity index is 1.74. The van der Waals surface area contributed by atoms with Crippen LogP contribution in [0, 0.1) is 13.8 Å². The van der Waals surface area contributed by atoms with Crippen LogP contribution in [0.5, 0.6) is 0 Å². The summed E-state index contributed by atoms with van der Waals surface area (Å²) in [5.41, 5.74) is 6.82. The Kier molecular flexibility index (Phi) is 7.43. The quantitative estimate of drug-likeness (QED) is 0.604. The van der Waals surface area contributed by atoms with E-state index in [4.69, 9.17) is 9.98 Å². The monoisotopic (exact) mass is 485 g/mol. The Morgan fingerprint density at radius 1 is 1.22 bits per heavy atom. The molecule has 4 rings (SSSR count). The summed E-state index contributed by atoms with van der Waals surface area (Å²) in [6, 6.07) is 3.87. The van der Waals surface area contributed by atoms with Crippen LogP contribution in [0.4, 0.5) is 0 Å². The number of aryl methyl sites for hydroxylation is 2. The van der Waals surface area contributed by atoms with Crippen molar-refractivity contribution in [1.82, 2.24) is 25.2 Å². The van der Waals surface area contributed by atoms with Gasteiger partial charge in [-0.3, -0.25) is 14.7 Å². The molecule has 36 heavy (non-hydrogen) atoms. The van der Waals surface area contributed by atoms with E-state index in [2.05, 4.69) is 33.8 Å². The van der Waals surface area contributed by atoms with Crippen molar-refractivity contribution in [2.75, 3.05) is 0 Å². The van der Waals surface area contributed by atoms with Gasteiger partial charge in [0.05, 0.1) is 17.1 Å². The molecule has 0 saturated heterocycles. The predicted octanol–water partition coefficient (Wildman–Crippen LogP) is 4.86. The van der Waals surface area contributed by atoms with Crippen LogP contribution in [0.3, 0.4) is 0 Å². The normalized spacial score (nSPS) is 17.8. The molecular weight excluding hydrogens is 450 g/mol. The summed E-state index contributed by atoms with van der Waals surface area (Å²) in [7, 11) is 0. The maximum atomic E-state index is 13.7. The first-order valence-electron chi connectivity index (χ1n) is 12.6. The third-order valence-electron chi connectivity index (χ3n) is 6.58. The Morgan fingerprint density at radius 3 is 2.58 bits per heavy atom. The van der Waals surface area contributed by atoms with Gasteiger partial charge in [0.1, 0.15) is 12.0 Å². The number of carbonyl (C=O) groups is 1. The summed E-state index contributed by atoms with van der Waals surface area (Å²) in [5.74, 6) is 1.04. The lowest BCUT2D eigenvalue weighted by atomic mass is 10.1. The predicted molar refractivity (Wildman–Crippen MR) is 143 cm³/mol. The summed E-state index contributed by atoms with van der Waals surface area (Å²) >= 11 is 0. The van der Waals surface area contributed by atoms with Crippen LogP contribution in [0.15, 0.2) is 52.5 Å². The average molecular weight is 486 g/mol. The fourth-order valence-electron chi connectivity index (χ4n) is 4.17. The smallest absolute Gasteiger partial charge is 0.295 e. The molecule has 0 aromatic carbocycles. The summed E-state index contributed by atoms with van der Waals surface area (Å²) in [6.07, 6.45) is 6.40. The maximum Gasteiger partial charge on any atom is 0.295 e. The minimum atomic E-state index is -0.204. The second-order valence-electron chi connectivity index (χ2n) is 9.78. The van der Waals surface area contributed by atoms with Crippen LogP contribution >= 0.6 is 0 Å². The van der Waals surface area contributed by atoms with Gasteiger partial charge in [-0.2, -0.15) is 0 Å². The molecule has 8 nitrogen and oxygen atoms in total. The number of amidine groups is 2. The van der Waals surface area contributed by atoms with Crippen molar-refractivity contribution in [2.24, 2.45) is 9.98 Å². The molecule has 8 heteroatoms. The van der Waals surface area contributed by atoms with Gasteiger partial charge in [0.15, 0.2) is 11.7 Å². The molecule has 0 bridgehead atoms. The second kappa shape index (κ2) is 10.5. The Hall–Kier alpha value is -3.68. The molecule has 2 aromatic heterocycles. The lowest BCUT2D eigenvalue weighted by Gasteiger charge is -2.34. The van der Waals surface area contributed by atoms with Crippen LogP contribution in [0.25, 0.3) is 5.70 Å². The molecule has 0 unspecified atom stereocenters. The number of allylic oxidation sites excluding steroid dienone is 1. The first-order chi connectivity index (χ1) is 17.2. The minimum absolute atomic E-state index is 0.0808. The van der Waals surface area contributed by atoms with Crippen molar-refractivity contribution in [3.05, 3.63) is 70.7 Å². The summed E-state index contributed by atoms with van der Waals surface area (Å²) in [4.78, 5) is 38.4. The lowest BCUT2D eigenvalue weighted by Crippen LogP contribution is -2.53. The topological polar surface area (TPSA) is 95.7 Å². The fraction of sp³-hybridized carbons (Fsp3) is 0.429. The molecule has 2 aliphatic rings. The number of hydrogen-bond acceptors (Lipinski definition) is 7. The highest BCUT2D eigenvalue weighted by Crippen LogP contribution is 2.42. The van der Waals surface area contributed by atoms with Gasteiger partial charge in [-0.15, -0.1) is 0 Å². The molecule has 1 aliphatic carbocycles. The van der Waals surface area contributed by atoms with Crippen LogP contribution < -0.4 is 5.32 Å². The van der Waals surface area contributed by atoms with Gasteiger partial charge < -0.3 is 5.32 Å². The number of hydrogen-bond donors (Lipinski definition) is 1. The molecule has 3 heterocycles. The van der Waals surface area contributed by atoms with E-state index in [1.54, 1.807) is 11.2 Å². The standard InChI is InChI=1S/C28H35N7O/c1-8-18(5)35-27(33-20(7)23-19(6)31-15-32-25(23)22-11-12-22)24(16(2)3)34-26(28(35)36)30-14-21-10-9-17(4)29-13-21/h9-10,13,15,18,22H,7-8,11-12,14H2,1-6H3,(H,30,34)/b33-27+/t18-/m0/s1. The summed E-state index contributed by atoms with van der Waals surface area (Å²) in [6.45, 7) is 16.7. The van der Waals surface area contributed by atoms with E-state index in [-0.39, 0.29) is 11.9 Å². The lowest BCUT2D eigenvalue weighted by molar-refractivity contribution is -0.122. The molecule has 1 atom stereocenters. The Morgan fingerprint density at radius 2 is 1.97 bits per heavy atom. The molecule has 1 saturated carbocycles. The van der Waals surface area contributed by atoms with Gasteiger partial charge in [0.2, 0.25) is 0 Å². The number of carbonyl (C=O) groups excluding carboxylic acids is 1. The molecule has 0 spiro atoms. The van der Waals surface area contributed by atoms with Gasteiger partial charge in [-0.05, 0) is 71.1 Å². The van der Waals surface area contributed by atoms with E-state index < -0.39 is 0 Å². The first-order valence-corrected chi connectivity index (χ1v) is 12.6. The van der Waals surface area contributed by atoms with E-state index >= 15 is 0 Å². The zero-order chi connectivity index (χ0) is 26.0. The van der Waals surface area contributed by atoms with Crippen LogP contribution in [-0.4, -0.2) is 43.5 Å². The highest BCUT2D eigenvalue weighted by Gasteiger charge is 2.36. The van der Waals surface area contributed by atoms with Crippen molar-refractivity contribution >= 4 is 23.3 Å². The van der Waals surface area contributed by atoms with Gasteiger partial charge in [-0.1, -0.05) is 19.6 Å². The van der Waals surface area contributed by atoms with Crippen LogP contribution in [0.1, 0.15) is 81.1 Å². The Labute approximate surface area is 213 Å². The van der Waals surface area contributed by atoms with Crippen molar-refractivity contribution in [2.45, 2.75) is 79.3 Å². The third-order valence-corrected chi connectivity index (χ3v) is 6.58. The van der Waals surface area contributed by atoms with Crippen molar-refractivity contribution in [3.63, 3.8) is 0 Å². The molecule has 1 N–H and O–H groups in total. The molecule has 1 fully saturated rings. The number of aliphatic imine (C=N–C) groups is 2. The second-order valence-corrected chi connectivity index (χ2v) is 9.78. The van der Waals surface area contributed by atoms with E-state index in [1.165, 1.54) is 0 Å². The summed E-state index contributed by atoms with van der Waals surface area (Å²) in [5, 5.41) is 3.24. The molecule has 1 aliphatic heterocycles. The number of rotatable bonds is 7. The van der Waals surface area contributed by atoms with Gasteiger partial charge in [-0.25, -0.2) is 20.0 Å². The molecular formula is C28H35N7O. The van der Waals surface area contributed by atoms with E-state index in [0.717, 1.165) is 53.0 Å². The largest absolute Gasteiger partial charge is 0.361 e. The van der Waals surface area contributed by atoms with Crippen molar-refractivity contribution < 1.29 is 4.79 Å². The average Bonchev–Trinajstić information content (AvgIpc) is 3.69. The number of amides is 1. The number of aromatic nitrogens is 3. The van der Waals surface area contributed by atoms with Gasteiger partial charge in [0, 0.05) is 36.0 Å². The van der Waals surface area contributed by atoms with Gasteiger partial charge in [0.25, 0.3) is 5.91 Å². The molecule has 2 aromatic rings. The van der Waals surface area contributed by atoms with Crippen molar-refractivity contribution in [3.8, 4) is 0 Å². The molecule has 188 valence electrons. The molecule has 0 radical (unpaired) electrons. The van der Waals surface area contributed by atoms with Crippen LogP contribution in [0.2, 0.25) is 0 Å². The summed E-state index contributed by atoms with van der Waals surface area (Å²) < 4.78 is 0. The zero-order valence-corrected chi connectivity index (χ0v) is 22.1. The number of pyridine rings is 1. The minimum Gasteiger partial charge on any atom is -0.361 e.